The molecule has 0 N–H and O–H groups in total. The fraction of sp³-hybridized carbons (Fsp3) is 0.462. The van der Waals surface area contributed by atoms with Crippen LogP contribution < -0.4 is 0 Å². The van der Waals surface area contributed by atoms with Gasteiger partial charge in [0.1, 0.15) is 0 Å². The van der Waals surface area contributed by atoms with Gasteiger partial charge in [0.15, 0.2) is 4.90 Å². The highest BCUT2D eigenvalue weighted by Gasteiger charge is 2.07. The molecule has 0 heterocycles. The van der Waals surface area contributed by atoms with Crippen molar-refractivity contribution in [1.82, 2.24) is 0 Å². The molecule has 0 saturated carbocycles. The zero-order valence-electron chi connectivity index (χ0n) is 9.96. The van der Waals surface area contributed by atoms with Gasteiger partial charge in [0.2, 0.25) is 0 Å². The highest BCUT2D eigenvalue weighted by molar-refractivity contribution is 7.59. The average Bonchev–Trinajstić information content (AvgIpc) is 2.10. The van der Waals surface area contributed by atoms with E-state index in [0.29, 0.717) is 0 Å². The molecule has 2 heteroatoms. The van der Waals surface area contributed by atoms with Gasteiger partial charge < -0.3 is 0 Å². The Morgan fingerprint density at radius 3 is 2.60 bits per heavy atom. The van der Waals surface area contributed by atoms with Crippen LogP contribution in [0, 0.1) is 6.92 Å². The molecule has 82 valence electrons. The van der Waals surface area contributed by atoms with Crippen LogP contribution in [0.2, 0.25) is 0 Å². The topological polar surface area (TPSA) is 12.4 Å². The second-order valence-electron chi connectivity index (χ2n) is 4.80. The third kappa shape index (κ3) is 4.08. The predicted octanol–water partition coefficient (Wildman–Crippen LogP) is 2.78. The SMILES string of the molecule is Cc1cccc(CC=NC(C)(C)C)c1[SH2+]. The van der Waals surface area contributed by atoms with Crippen LogP contribution in [-0.2, 0) is 19.0 Å². The molecule has 1 rings (SSSR count). The summed E-state index contributed by atoms with van der Waals surface area (Å²) in [6.07, 6.45) is 2.89. The summed E-state index contributed by atoms with van der Waals surface area (Å²) < 4.78 is 0. The smallest absolute Gasteiger partial charge is 0.156 e. The van der Waals surface area contributed by atoms with Crippen LogP contribution in [0.4, 0.5) is 0 Å². The Balaban J connectivity index is 2.74. The van der Waals surface area contributed by atoms with Crippen LogP contribution in [0.15, 0.2) is 28.1 Å². The maximum atomic E-state index is 4.48. The molecule has 1 aromatic carbocycles. The van der Waals surface area contributed by atoms with Crippen LogP contribution in [0.1, 0.15) is 31.9 Å². The number of hydrogen-bond acceptors (Lipinski definition) is 1. The molecule has 0 bridgehead atoms. The standard InChI is InChI=1S/C13H19NS/c1-10-6-5-7-11(12(10)15)8-9-14-13(2,3)4/h5-7,9,15H,8H2,1-4H3/p+1. The molecule has 15 heavy (non-hydrogen) atoms. The Kier molecular flexibility index (Phi) is 3.97. The number of aryl methyl sites for hydroxylation is 1. The van der Waals surface area contributed by atoms with Crippen molar-refractivity contribution in [2.45, 2.75) is 44.6 Å². The van der Waals surface area contributed by atoms with Crippen molar-refractivity contribution >= 4 is 18.8 Å². The Labute approximate surface area is 98.0 Å². The van der Waals surface area contributed by atoms with Gasteiger partial charge in [0.05, 0.1) is 5.54 Å². The molecular formula is C13H20NS+. The Morgan fingerprint density at radius 1 is 1.33 bits per heavy atom. The van der Waals surface area contributed by atoms with Gasteiger partial charge in [-0.05, 0) is 40.3 Å². The van der Waals surface area contributed by atoms with Gasteiger partial charge in [0, 0.05) is 23.8 Å². The molecule has 0 fully saturated rings. The fourth-order valence-electron chi connectivity index (χ4n) is 1.32. The first-order valence-electron chi connectivity index (χ1n) is 5.24. The van der Waals surface area contributed by atoms with E-state index >= 15 is 0 Å². The Morgan fingerprint density at radius 2 is 2.00 bits per heavy atom. The first-order valence-corrected chi connectivity index (χ1v) is 5.74. The summed E-state index contributed by atoms with van der Waals surface area (Å²) in [7, 11) is 0. The molecular weight excluding hydrogens is 202 g/mol. The normalized spacial score (nSPS) is 12.3. The molecule has 1 aromatic rings. The average molecular weight is 222 g/mol. The summed E-state index contributed by atoms with van der Waals surface area (Å²) in [4.78, 5) is 5.67. The fourth-order valence-corrected chi connectivity index (χ4v) is 1.59. The van der Waals surface area contributed by atoms with E-state index in [4.69, 9.17) is 0 Å². The number of hydrogen-bond donors (Lipinski definition) is 0. The van der Waals surface area contributed by atoms with Gasteiger partial charge in [0.25, 0.3) is 0 Å². The number of rotatable bonds is 2. The van der Waals surface area contributed by atoms with Gasteiger partial charge in [-0.3, -0.25) is 4.99 Å². The monoisotopic (exact) mass is 222 g/mol. The van der Waals surface area contributed by atoms with E-state index in [1.54, 1.807) is 0 Å². The third-order valence-electron chi connectivity index (χ3n) is 2.15. The van der Waals surface area contributed by atoms with Crippen molar-refractivity contribution in [2.24, 2.45) is 4.99 Å². The van der Waals surface area contributed by atoms with Crippen molar-refractivity contribution in [1.29, 1.82) is 0 Å². The first-order chi connectivity index (χ1) is 6.90. The zero-order chi connectivity index (χ0) is 11.5. The Hall–Kier alpha value is -0.760. The van der Waals surface area contributed by atoms with E-state index in [2.05, 4.69) is 63.5 Å². The maximum absolute atomic E-state index is 4.48. The van der Waals surface area contributed by atoms with Crippen LogP contribution in [-0.4, -0.2) is 11.8 Å². The maximum Gasteiger partial charge on any atom is 0.156 e. The lowest BCUT2D eigenvalue weighted by Gasteiger charge is -2.10. The third-order valence-corrected chi connectivity index (χ3v) is 2.86. The quantitative estimate of drug-likeness (QED) is 0.539. The summed E-state index contributed by atoms with van der Waals surface area (Å²) >= 11 is 3.65. The van der Waals surface area contributed by atoms with Crippen molar-refractivity contribution in [2.75, 3.05) is 0 Å². The van der Waals surface area contributed by atoms with E-state index in [1.165, 1.54) is 16.0 Å². The van der Waals surface area contributed by atoms with Crippen molar-refractivity contribution in [3.63, 3.8) is 0 Å². The van der Waals surface area contributed by atoms with E-state index in [9.17, 15) is 0 Å². The molecule has 0 atom stereocenters. The van der Waals surface area contributed by atoms with Crippen molar-refractivity contribution in [3.05, 3.63) is 29.3 Å². The number of aliphatic imine (C=N–C) groups is 1. The molecule has 0 amide bonds. The van der Waals surface area contributed by atoms with Crippen LogP contribution in [0.5, 0.6) is 0 Å². The molecule has 0 aliphatic carbocycles. The predicted molar refractivity (Wildman–Crippen MR) is 71.5 cm³/mol. The van der Waals surface area contributed by atoms with Gasteiger partial charge in [-0.25, -0.2) is 0 Å². The van der Waals surface area contributed by atoms with E-state index in [0.717, 1.165) is 6.42 Å². The lowest BCUT2D eigenvalue weighted by Crippen LogP contribution is -2.10. The Bertz CT molecular complexity index is 361. The van der Waals surface area contributed by atoms with Crippen LogP contribution in [0.25, 0.3) is 0 Å². The zero-order valence-corrected chi connectivity index (χ0v) is 11.0. The lowest BCUT2D eigenvalue weighted by atomic mass is 10.1. The molecule has 0 aliphatic rings. The van der Waals surface area contributed by atoms with Gasteiger partial charge in [-0.2, -0.15) is 0 Å². The van der Waals surface area contributed by atoms with Crippen molar-refractivity contribution in [3.8, 4) is 0 Å². The molecule has 0 saturated heterocycles. The van der Waals surface area contributed by atoms with Gasteiger partial charge >= 0.3 is 0 Å². The number of nitrogens with zero attached hydrogens (tertiary/aromatic N) is 1. The van der Waals surface area contributed by atoms with E-state index in [1.807, 2.05) is 6.21 Å². The summed E-state index contributed by atoms with van der Waals surface area (Å²) in [6.45, 7) is 8.42. The van der Waals surface area contributed by atoms with E-state index in [-0.39, 0.29) is 5.54 Å². The molecule has 1 nitrogen and oxygen atoms in total. The second-order valence-corrected chi connectivity index (χ2v) is 5.30. The van der Waals surface area contributed by atoms with Gasteiger partial charge in [-0.1, -0.05) is 18.2 Å². The molecule has 0 unspecified atom stereocenters. The summed E-state index contributed by atoms with van der Waals surface area (Å²) in [5.41, 5.74) is 2.59. The van der Waals surface area contributed by atoms with Crippen LogP contribution in [0.3, 0.4) is 0 Å². The number of benzene rings is 1. The molecule has 0 aromatic heterocycles. The van der Waals surface area contributed by atoms with Crippen LogP contribution >= 0.6 is 0 Å². The molecule has 0 radical (unpaired) electrons. The van der Waals surface area contributed by atoms with Crippen molar-refractivity contribution < 1.29 is 0 Å². The minimum absolute atomic E-state index is 0.0235. The molecule has 0 spiro atoms. The first kappa shape index (κ1) is 12.3. The summed E-state index contributed by atoms with van der Waals surface area (Å²) in [5, 5.41) is 0. The summed E-state index contributed by atoms with van der Waals surface area (Å²) in [5.74, 6) is 0. The van der Waals surface area contributed by atoms with Gasteiger partial charge in [-0.15, -0.1) is 0 Å². The van der Waals surface area contributed by atoms with E-state index < -0.39 is 0 Å². The lowest BCUT2D eigenvalue weighted by molar-refractivity contribution is 0.585. The highest BCUT2D eigenvalue weighted by atomic mass is 32.1. The minimum atomic E-state index is 0.0235. The minimum Gasteiger partial charge on any atom is -0.291 e. The second kappa shape index (κ2) is 4.84. The molecule has 0 aliphatic heterocycles. The largest absolute Gasteiger partial charge is 0.291 e. The highest BCUT2D eigenvalue weighted by Crippen LogP contribution is 2.13. The summed E-state index contributed by atoms with van der Waals surface area (Å²) in [6, 6.07) is 6.32.